The zero-order valence-electron chi connectivity index (χ0n) is 19.0. The van der Waals surface area contributed by atoms with Crippen LogP contribution in [0.25, 0.3) is 5.57 Å². The Morgan fingerprint density at radius 3 is 2.64 bits per heavy atom. The SMILES string of the molecule is CN1C(=O)C(c2ccc(Cl)cc2F)Oc2c(C3=CCN(C(=O)OC(C)(C)C)CC3)cccc21. The highest BCUT2D eigenvalue weighted by molar-refractivity contribution is 6.30. The number of nitrogens with zero attached hydrogens (tertiary/aromatic N) is 2. The van der Waals surface area contributed by atoms with E-state index in [2.05, 4.69) is 0 Å². The van der Waals surface area contributed by atoms with Crippen LogP contribution >= 0.6 is 11.6 Å². The maximum atomic E-state index is 14.6. The summed E-state index contributed by atoms with van der Waals surface area (Å²) in [6.07, 6.45) is 1.08. The Balaban J connectivity index is 1.64. The molecule has 4 rings (SSSR count). The Morgan fingerprint density at radius 2 is 2.00 bits per heavy atom. The van der Waals surface area contributed by atoms with Crippen molar-refractivity contribution in [3.05, 3.63) is 64.4 Å². The van der Waals surface area contributed by atoms with Crippen LogP contribution in [-0.4, -0.2) is 42.6 Å². The molecule has 1 atom stereocenters. The van der Waals surface area contributed by atoms with Crippen molar-refractivity contribution in [2.24, 2.45) is 0 Å². The lowest BCUT2D eigenvalue weighted by Gasteiger charge is -2.35. The number of amides is 2. The highest BCUT2D eigenvalue weighted by atomic mass is 35.5. The van der Waals surface area contributed by atoms with Crippen molar-refractivity contribution in [2.75, 3.05) is 25.0 Å². The maximum Gasteiger partial charge on any atom is 0.410 e. The molecule has 0 aromatic heterocycles. The number of rotatable bonds is 2. The molecule has 0 aliphatic carbocycles. The second-order valence-electron chi connectivity index (χ2n) is 9.12. The fraction of sp³-hybridized carbons (Fsp3) is 0.360. The lowest BCUT2D eigenvalue weighted by atomic mass is 9.96. The van der Waals surface area contributed by atoms with Crippen LogP contribution in [0.1, 0.15) is 44.4 Å². The molecule has 0 bridgehead atoms. The molecule has 8 heteroatoms. The minimum absolute atomic E-state index is 0.130. The highest BCUT2D eigenvalue weighted by Gasteiger charge is 2.37. The number of para-hydroxylation sites is 1. The molecule has 1 unspecified atom stereocenters. The molecule has 0 fully saturated rings. The molecule has 2 aliphatic rings. The summed E-state index contributed by atoms with van der Waals surface area (Å²) in [7, 11) is 1.65. The van der Waals surface area contributed by atoms with Crippen LogP contribution < -0.4 is 9.64 Å². The summed E-state index contributed by atoms with van der Waals surface area (Å²) in [5.41, 5.74) is 1.99. The molecule has 0 N–H and O–H groups in total. The molecule has 2 aliphatic heterocycles. The van der Waals surface area contributed by atoms with E-state index in [0.29, 0.717) is 30.9 Å². The Kier molecular flexibility index (Phi) is 6.10. The number of hydrogen-bond acceptors (Lipinski definition) is 4. The summed E-state index contributed by atoms with van der Waals surface area (Å²) in [5, 5.41) is 0.246. The van der Waals surface area contributed by atoms with E-state index in [-0.39, 0.29) is 22.6 Å². The number of benzene rings is 2. The molecule has 0 saturated heterocycles. The fourth-order valence-corrected chi connectivity index (χ4v) is 4.10. The van der Waals surface area contributed by atoms with Crippen LogP contribution in [0.2, 0.25) is 5.02 Å². The molecule has 6 nitrogen and oxygen atoms in total. The van der Waals surface area contributed by atoms with Crippen molar-refractivity contribution in [3.63, 3.8) is 0 Å². The van der Waals surface area contributed by atoms with Gasteiger partial charge in [-0.1, -0.05) is 35.9 Å². The minimum atomic E-state index is -1.12. The van der Waals surface area contributed by atoms with Gasteiger partial charge in [0, 0.05) is 36.3 Å². The van der Waals surface area contributed by atoms with E-state index < -0.39 is 17.5 Å². The average molecular weight is 473 g/mol. The number of carbonyl (C=O) groups is 2. The average Bonchev–Trinajstić information content (AvgIpc) is 2.75. The Morgan fingerprint density at radius 1 is 1.24 bits per heavy atom. The van der Waals surface area contributed by atoms with Gasteiger partial charge in [-0.2, -0.15) is 0 Å². The molecule has 0 saturated carbocycles. The van der Waals surface area contributed by atoms with E-state index in [9.17, 15) is 14.0 Å². The van der Waals surface area contributed by atoms with Crippen LogP contribution in [0, 0.1) is 5.82 Å². The first kappa shape index (κ1) is 23.1. The van der Waals surface area contributed by atoms with E-state index in [1.807, 2.05) is 39.0 Å². The summed E-state index contributed by atoms with van der Waals surface area (Å²) in [5.74, 6) is -0.453. The molecule has 2 amide bonds. The molecular weight excluding hydrogens is 447 g/mol. The maximum absolute atomic E-state index is 14.6. The van der Waals surface area contributed by atoms with Crippen LogP contribution in [0.3, 0.4) is 0 Å². The van der Waals surface area contributed by atoms with E-state index >= 15 is 0 Å². The van der Waals surface area contributed by atoms with E-state index in [1.165, 1.54) is 23.1 Å². The first-order chi connectivity index (χ1) is 15.5. The fourth-order valence-electron chi connectivity index (χ4n) is 3.95. The second kappa shape index (κ2) is 8.71. The smallest absolute Gasteiger partial charge is 0.410 e. The van der Waals surface area contributed by atoms with Crippen molar-refractivity contribution < 1.29 is 23.5 Å². The van der Waals surface area contributed by atoms with Gasteiger partial charge in [0.15, 0.2) is 5.75 Å². The molecular formula is C25H26ClFN2O4. The van der Waals surface area contributed by atoms with Crippen molar-refractivity contribution in [1.82, 2.24) is 4.90 Å². The molecule has 174 valence electrons. The second-order valence-corrected chi connectivity index (χ2v) is 9.56. The van der Waals surface area contributed by atoms with Gasteiger partial charge < -0.3 is 19.3 Å². The van der Waals surface area contributed by atoms with E-state index in [4.69, 9.17) is 21.1 Å². The third-order valence-corrected chi connectivity index (χ3v) is 5.83. The molecule has 0 radical (unpaired) electrons. The standard InChI is InChI=1S/C25H26ClFN2O4/c1-25(2,3)33-24(31)29-12-10-15(11-13-29)17-6-5-7-20-21(17)32-22(23(30)28(20)4)18-9-8-16(26)14-19(18)27/h5-10,14,22H,11-13H2,1-4H3. The number of hydrogen-bond donors (Lipinski definition) is 0. The van der Waals surface area contributed by atoms with Crippen molar-refractivity contribution in [3.8, 4) is 5.75 Å². The van der Waals surface area contributed by atoms with E-state index in [1.54, 1.807) is 18.0 Å². The predicted molar refractivity (Wildman–Crippen MR) is 125 cm³/mol. The quantitative estimate of drug-likeness (QED) is 0.571. The largest absolute Gasteiger partial charge is 0.473 e. The van der Waals surface area contributed by atoms with Gasteiger partial charge in [0.25, 0.3) is 5.91 Å². The Hall–Kier alpha value is -3.06. The summed E-state index contributed by atoms with van der Waals surface area (Å²) in [4.78, 5) is 28.5. The van der Waals surface area contributed by atoms with Gasteiger partial charge >= 0.3 is 6.09 Å². The molecule has 2 aromatic carbocycles. The molecule has 2 heterocycles. The van der Waals surface area contributed by atoms with Gasteiger partial charge in [0.1, 0.15) is 11.4 Å². The molecule has 33 heavy (non-hydrogen) atoms. The van der Waals surface area contributed by atoms with Gasteiger partial charge in [-0.15, -0.1) is 0 Å². The summed E-state index contributed by atoms with van der Waals surface area (Å²) in [6, 6.07) is 9.73. The third-order valence-electron chi connectivity index (χ3n) is 5.60. The van der Waals surface area contributed by atoms with Crippen molar-refractivity contribution >= 4 is 34.9 Å². The van der Waals surface area contributed by atoms with Gasteiger partial charge in [-0.25, -0.2) is 9.18 Å². The topological polar surface area (TPSA) is 59.1 Å². The van der Waals surface area contributed by atoms with Gasteiger partial charge in [0.05, 0.1) is 5.69 Å². The van der Waals surface area contributed by atoms with Crippen LogP contribution in [-0.2, 0) is 9.53 Å². The number of ether oxygens (including phenoxy) is 2. The molecule has 2 aromatic rings. The van der Waals surface area contributed by atoms with Crippen LogP contribution in [0.4, 0.5) is 14.9 Å². The third kappa shape index (κ3) is 4.69. The normalized spacial score (nSPS) is 18.4. The summed E-state index contributed by atoms with van der Waals surface area (Å²) >= 11 is 5.88. The highest BCUT2D eigenvalue weighted by Crippen LogP contribution is 2.44. The monoisotopic (exact) mass is 472 g/mol. The first-order valence-corrected chi connectivity index (χ1v) is 11.1. The number of halogens is 2. The zero-order valence-corrected chi connectivity index (χ0v) is 19.8. The van der Waals surface area contributed by atoms with Gasteiger partial charge in [0.2, 0.25) is 6.10 Å². The zero-order chi connectivity index (χ0) is 23.9. The number of anilines is 1. The summed E-state index contributed by atoms with van der Waals surface area (Å²) < 4.78 is 26.2. The van der Waals surface area contributed by atoms with Crippen molar-refractivity contribution in [1.29, 1.82) is 0 Å². The summed E-state index contributed by atoms with van der Waals surface area (Å²) in [6.45, 7) is 6.40. The van der Waals surface area contributed by atoms with Gasteiger partial charge in [-0.3, -0.25) is 4.79 Å². The lowest BCUT2D eigenvalue weighted by Crippen LogP contribution is -2.40. The van der Waals surface area contributed by atoms with E-state index in [0.717, 1.165) is 11.1 Å². The number of fused-ring (bicyclic) bond motifs is 1. The van der Waals surface area contributed by atoms with Crippen molar-refractivity contribution in [2.45, 2.75) is 38.9 Å². The number of likely N-dealkylation sites (N-methyl/N-ethyl adjacent to an activating group) is 1. The molecule has 0 spiro atoms. The van der Waals surface area contributed by atoms with Gasteiger partial charge in [-0.05, 0) is 51.0 Å². The Bertz CT molecular complexity index is 1140. The predicted octanol–water partition coefficient (Wildman–Crippen LogP) is 5.60. The first-order valence-electron chi connectivity index (χ1n) is 10.7. The van der Waals surface area contributed by atoms with Crippen LogP contribution in [0.5, 0.6) is 5.75 Å². The minimum Gasteiger partial charge on any atom is -0.473 e. The lowest BCUT2D eigenvalue weighted by molar-refractivity contribution is -0.126. The van der Waals surface area contributed by atoms with Crippen LogP contribution in [0.15, 0.2) is 42.5 Å². The Labute approximate surface area is 197 Å². The number of carbonyl (C=O) groups excluding carboxylic acids is 2.